The standard InChI is InChI=1S/C13H15ClOS/c14-11-6-7-13(10(8-11)9-15)16-12-4-2-1-3-5-12/h6-9,12H,1-5H2. The number of benzene rings is 1. The molecule has 0 aliphatic heterocycles. The van der Waals surface area contributed by atoms with Crippen LogP contribution in [0.2, 0.25) is 5.02 Å². The van der Waals surface area contributed by atoms with E-state index in [1.165, 1.54) is 32.1 Å². The molecular weight excluding hydrogens is 240 g/mol. The number of carbonyl (C=O) groups excluding carboxylic acids is 1. The van der Waals surface area contributed by atoms with Gasteiger partial charge in [0.05, 0.1) is 0 Å². The number of thioether (sulfide) groups is 1. The van der Waals surface area contributed by atoms with Crippen LogP contribution >= 0.6 is 23.4 Å². The van der Waals surface area contributed by atoms with Crippen LogP contribution in [-0.4, -0.2) is 11.5 Å². The van der Waals surface area contributed by atoms with Crippen LogP contribution in [0.1, 0.15) is 42.5 Å². The Morgan fingerprint density at radius 1 is 1.25 bits per heavy atom. The summed E-state index contributed by atoms with van der Waals surface area (Å²) in [5.74, 6) is 0. The number of hydrogen-bond acceptors (Lipinski definition) is 2. The van der Waals surface area contributed by atoms with E-state index in [4.69, 9.17) is 11.6 Å². The van der Waals surface area contributed by atoms with Gasteiger partial charge in [-0.3, -0.25) is 4.79 Å². The zero-order valence-electron chi connectivity index (χ0n) is 9.12. The second-order valence-corrected chi connectivity index (χ2v) is 5.96. The molecule has 1 aliphatic rings. The summed E-state index contributed by atoms with van der Waals surface area (Å²) in [5.41, 5.74) is 0.725. The van der Waals surface area contributed by atoms with E-state index in [9.17, 15) is 4.79 Å². The molecule has 1 saturated carbocycles. The van der Waals surface area contributed by atoms with Crippen LogP contribution in [0, 0.1) is 0 Å². The quantitative estimate of drug-likeness (QED) is 0.735. The van der Waals surface area contributed by atoms with Gasteiger partial charge in [0.1, 0.15) is 0 Å². The monoisotopic (exact) mass is 254 g/mol. The van der Waals surface area contributed by atoms with Crippen LogP contribution in [0.5, 0.6) is 0 Å². The molecule has 1 aromatic carbocycles. The molecule has 0 unspecified atom stereocenters. The Morgan fingerprint density at radius 3 is 2.69 bits per heavy atom. The van der Waals surface area contributed by atoms with Gasteiger partial charge in [0.25, 0.3) is 0 Å². The largest absolute Gasteiger partial charge is 0.298 e. The van der Waals surface area contributed by atoms with Crippen molar-refractivity contribution in [3.05, 3.63) is 28.8 Å². The van der Waals surface area contributed by atoms with Crippen molar-refractivity contribution in [2.24, 2.45) is 0 Å². The minimum atomic E-state index is 0.634. The number of rotatable bonds is 3. The molecule has 1 nitrogen and oxygen atoms in total. The third-order valence-corrected chi connectivity index (χ3v) is 4.61. The summed E-state index contributed by atoms with van der Waals surface area (Å²) >= 11 is 7.70. The molecule has 0 N–H and O–H groups in total. The second kappa shape index (κ2) is 5.74. The number of aldehydes is 1. The van der Waals surface area contributed by atoms with E-state index in [-0.39, 0.29) is 0 Å². The lowest BCUT2D eigenvalue weighted by atomic mass is 10.0. The maximum Gasteiger partial charge on any atom is 0.151 e. The highest BCUT2D eigenvalue weighted by atomic mass is 35.5. The molecule has 3 heteroatoms. The van der Waals surface area contributed by atoms with Gasteiger partial charge in [-0.2, -0.15) is 0 Å². The van der Waals surface area contributed by atoms with E-state index in [1.54, 1.807) is 6.07 Å². The van der Waals surface area contributed by atoms with Crippen LogP contribution in [0.25, 0.3) is 0 Å². The van der Waals surface area contributed by atoms with E-state index in [2.05, 4.69) is 0 Å². The molecule has 0 amide bonds. The van der Waals surface area contributed by atoms with Crippen LogP contribution in [0.4, 0.5) is 0 Å². The predicted octanol–water partition coefficient (Wildman–Crippen LogP) is 4.58. The Kier molecular flexibility index (Phi) is 4.30. The van der Waals surface area contributed by atoms with Gasteiger partial charge in [0, 0.05) is 20.7 Å². The van der Waals surface area contributed by atoms with Crippen molar-refractivity contribution < 1.29 is 4.79 Å². The molecule has 0 spiro atoms. The Balaban J connectivity index is 2.10. The summed E-state index contributed by atoms with van der Waals surface area (Å²) in [4.78, 5) is 12.0. The lowest BCUT2D eigenvalue weighted by molar-refractivity contribution is 0.112. The Labute approximate surface area is 106 Å². The first-order valence-corrected chi connectivity index (χ1v) is 6.97. The second-order valence-electron chi connectivity index (χ2n) is 4.18. The summed E-state index contributed by atoms with van der Waals surface area (Å²) in [6.07, 6.45) is 7.44. The minimum absolute atomic E-state index is 0.634. The number of halogens is 1. The first kappa shape index (κ1) is 12.0. The molecule has 0 saturated heterocycles. The van der Waals surface area contributed by atoms with Crippen molar-refractivity contribution in [1.82, 2.24) is 0 Å². The van der Waals surface area contributed by atoms with Crippen LogP contribution in [0.15, 0.2) is 23.1 Å². The maximum atomic E-state index is 10.9. The van der Waals surface area contributed by atoms with Crippen molar-refractivity contribution in [2.45, 2.75) is 42.2 Å². The van der Waals surface area contributed by atoms with Gasteiger partial charge in [-0.25, -0.2) is 0 Å². The van der Waals surface area contributed by atoms with Gasteiger partial charge in [-0.1, -0.05) is 30.9 Å². The molecule has 2 rings (SSSR count). The van der Waals surface area contributed by atoms with E-state index >= 15 is 0 Å². The first-order valence-electron chi connectivity index (χ1n) is 5.71. The summed E-state index contributed by atoms with van der Waals surface area (Å²) in [6.45, 7) is 0. The molecule has 0 bridgehead atoms. The Bertz CT molecular complexity index is 372. The topological polar surface area (TPSA) is 17.1 Å². The van der Waals surface area contributed by atoms with Crippen molar-refractivity contribution in [1.29, 1.82) is 0 Å². The highest BCUT2D eigenvalue weighted by Crippen LogP contribution is 2.35. The molecule has 0 aromatic heterocycles. The van der Waals surface area contributed by atoms with Gasteiger partial charge >= 0.3 is 0 Å². The fourth-order valence-electron chi connectivity index (χ4n) is 2.08. The molecule has 0 atom stereocenters. The average molecular weight is 255 g/mol. The molecule has 1 aromatic rings. The van der Waals surface area contributed by atoms with Gasteiger partial charge in [0.15, 0.2) is 6.29 Å². The molecular formula is C13H15ClOS. The smallest absolute Gasteiger partial charge is 0.151 e. The normalized spacial score (nSPS) is 17.3. The number of carbonyl (C=O) groups is 1. The molecule has 0 radical (unpaired) electrons. The van der Waals surface area contributed by atoms with Crippen LogP contribution < -0.4 is 0 Å². The van der Waals surface area contributed by atoms with Gasteiger partial charge < -0.3 is 0 Å². The minimum Gasteiger partial charge on any atom is -0.298 e. The Morgan fingerprint density at radius 2 is 2.00 bits per heavy atom. The van der Waals surface area contributed by atoms with E-state index < -0.39 is 0 Å². The maximum absolute atomic E-state index is 10.9. The van der Waals surface area contributed by atoms with E-state index in [0.29, 0.717) is 10.3 Å². The lowest BCUT2D eigenvalue weighted by Gasteiger charge is -2.21. The van der Waals surface area contributed by atoms with Gasteiger partial charge in [-0.15, -0.1) is 11.8 Å². The average Bonchev–Trinajstić information content (AvgIpc) is 2.33. The van der Waals surface area contributed by atoms with Gasteiger partial charge in [0.2, 0.25) is 0 Å². The highest BCUT2D eigenvalue weighted by molar-refractivity contribution is 8.00. The molecule has 0 heterocycles. The summed E-state index contributed by atoms with van der Waals surface area (Å²) in [6, 6.07) is 5.57. The van der Waals surface area contributed by atoms with Crippen LogP contribution in [-0.2, 0) is 0 Å². The van der Waals surface area contributed by atoms with E-state index in [0.717, 1.165) is 16.7 Å². The van der Waals surface area contributed by atoms with Crippen LogP contribution in [0.3, 0.4) is 0 Å². The third kappa shape index (κ3) is 3.02. The van der Waals surface area contributed by atoms with Crippen molar-refractivity contribution in [3.8, 4) is 0 Å². The van der Waals surface area contributed by atoms with Crippen molar-refractivity contribution >= 4 is 29.6 Å². The lowest BCUT2D eigenvalue weighted by Crippen LogP contribution is -2.08. The molecule has 16 heavy (non-hydrogen) atoms. The van der Waals surface area contributed by atoms with Crippen molar-refractivity contribution in [2.75, 3.05) is 0 Å². The fraction of sp³-hybridized carbons (Fsp3) is 0.462. The first-order chi connectivity index (χ1) is 7.79. The summed E-state index contributed by atoms with van der Waals surface area (Å²) in [5, 5.41) is 1.31. The molecule has 1 aliphatic carbocycles. The third-order valence-electron chi connectivity index (χ3n) is 2.94. The molecule has 86 valence electrons. The highest BCUT2D eigenvalue weighted by Gasteiger charge is 2.16. The van der Waals surface area contributed by atoms with E-state index in [1.807, 2.05) is 23.9 Å². The predicted molar refractivity (Wildman–Crippen MR) is 69.6 cm³/mol. The number of hydrogen-bond donors (Lipinski definition) is 0. The zero-order valence-corrected chi connectivity index (χ0v) is 10.7. The van der Waals surface area contributed by atoms with Gasteiger partial charge in [-0.05, 0) is 31.0 Å². The molecule has 1 fully saturated rings. The van der Waals surface area contributed by atoms with Crippen molar-refractivity contribution in [3.63, 3.8) is 0 Å². The zero-order chi connectivity index (χ0) is 11.4. The summed E-state index contributed by atoms with van der Waals surface area (Å²) < 4.78 is 0. The fourth-order valence-corrected chi connectivity index (χ4v) is 3.58. The summed E-state index contributed by atoms with van der Waals surface area (Å²) in [7, 11) is 0. The Hall–Kier alpha value is -0.470. The SMILES string of the molecule is O=Cc1cc(Cl)ccc1SC1CCCCC1.